The van der Waals surface area contributed by atoms with Crippen molar-refractivity contribution < 1.29 is 4.74 Å². The lowest BCUT2D eigenvalue weighted by molar-refractivity contribution is 0.313. The van der Waals surface area contributed by atoms with Crippen LogP contribution < -0.4 is 10.5 Å². The molecule has 0 atom stereocenters. The highest BCUT2D eigenvalue weighted by atomic mass is 16.5. The topological polar surface area (TPSA) is 35.2 Å². The highest BCUT2D eigenvalue weighted by Gasteiger charge is 2.03. The van der Waals surface area contributed by atoms with Gasteiger partial charge < -0.3 is 10.5 Å². The van der Waals surface area contributed by atoms with Crippen LogP contribution >= 0.6 is 0 Å². The van der Waals surface area contributed by atoms with Gasteiger partial charge in [-0.1, -0.05) is 35.9 Å². The second-order valence-electron chi connectivity index (χ2n) is 4.84. The van der Waals surface area contributed by atoms with Crippen molar-refractivity contribution in [2.24, 2.45) is 5.73 Å². The van der Waals surface area contributed by atoms with Gasteiger partial charge in [-0.3, -0.25) is 0 Å². The molecule has 0 saturated heterocycles. The summed E-state index contributed by atoms with van der Waals surface area (Å²) in [6, 6.07) is 14.8. The van der Waals surface area contributed by atoms with E-state index in [0.717, 1.165) is 12.2 Å². The van der Waals surface area contributed by atoms with E-state index in [4.69, 9.17) is 10.5 Å². The van der Waals surface area contributed by atoms with Crippen molar-refractivity contribution in [2.45, 2.75) is 20.3 Å². The predicted molar refractivity (Wildman–Crippen MR) is 80.5 cm³/mol. The molecule has 0 aliphatic rings. The third-order valence-electron chi connectivity index (χ3n) is 3.16. The van der Waals surface area contributed by atoms with Gasteiger partial charge in [0.2, 0.25) is 0 Å². The largest absolute Gasteiger partial charge is 0.494 e. The second-order valence-corrected chi connectivity index (χ2v) is 4.84. The molecule has 2 aromatic carbocycles. The highest BCUT2D eigenvalue weighted by Crippen LogP contribution is 2.27. The van der Waals surface area contributed by atoms with Gasteiger partial charge in [0.15, 0.2) is 0 Å². The Balaban J connectivity index is 2.24. The van der Waals surface area contributed by atoms with E-state index >= 15 is 0 Å². The maximum atomic E-state index is 5.70. The van der Waals surface area contributed by atoms with Gasteiger partial charge in [0.05, 0.1) is 6.61 Å². The molecular formula is C17H21NO. The Labute approximate surface area is 115 Å². The fraction of sp³-hybridized carbons (Fsp3) is 0.294. The molecule has 0 saturated carbocycles. The normalized spacial score (nSPS) is 10.5. The molecule has 2 aromatic rings. The minimum absolute atomic E-state index is 0.663. The first-order valence-electron chi connectivity index (χ1n) is 6.71. The third-order valence-corrected chi connectivity index (χ3v) is 3.16. The summed E-state index contributed by atoms with van der Waals surface area (Å²) >= 11 is 0. The Bertz CT molecular complexity index is 549. The van der Waals surface area contributed by atoms with E-state index < -0.39 is 0 Å². The molecule has 0 aliphatic heterocycles. The fourth-order valence-corrected chi connectivity index (χ4v) is 2.07. The molecule has 0 unspecified atom stereocenters. The zero-order chi connectivity index (χ0) is 13.7. The van der Waals surface area contributed by atoms with Gasteiger partial charge in [-0.15, -0.1) is 0 Å². The Hall–Kier alpha value is -1.80. The van der Waals surface area contributed by atoms with Gasteiger partial charge in [-0.2, -0.15) is 0 Å². The summed E-state index contributed by atoms with van der Waals surface area (Å²) in [7, 11) is 0. The van der Waals surface area contributed by atoms with Crippen LogP contribution in [-0.4, -0.2) is 13.2 Å². The maximum absolute atomic E-state index is 5.70. The van der Waals surface area contributed by atoms with Crippen LogP contribution in [0.5, 0.6) is 5.75 Å². The zero-order valence-electron chi connectivity index (χ0n) is 11.6. The lowest BCUT2D eigenvalue weighted by Gasteiger charge is -2.10. The van der Waals surface area contributed by atoms with Gasteiger partial charge in [0, 0.05) is 0 Å². The molecule has 0 bridgehead atoms. The van der Waals surface area contributed by atoms with Crippen LogP contribution in [0.3, 0.4) is 0 Å². The molecule has 0 amide bonds. The summed E-state index contributed by atoms with van der Waals surface area (Å²) in [5.74, 6) is 0.909. The van der Waals surface area contributed by atoms with Gasteiger partial charge in [-0.25, -0.2) is 0 Å². The number of hydrogen-bond acceptors (Lipinski definition) is 2. The number of hydrogen-bond donors (Lipinski definition) is 1. The summed E-state index contributed by atoms with van der Waals surface area (Å²) < 4.78 is 5.70. The molecule has 100 valence electrons. The summed E-state index contributed by atoms with van der Waals surface area (Å²) in [4.78, 5) is 0. The lowest BCUT2D eigenvalue weighted by atomic mass is 9.98. The summed E-state index contributed by atoms with van der Waals surface area (Å²) in [5.41, 5.74) is 10.5. The Kier molecular flexibility index (Phi) is 4.58. The van der Waals surface area contributed by atoms with Crippen LogP contribution in [0.2, 0.25) is 0 Å². The van der Waals surface area contributed by atoms with Gasteiger partial charge in [-0.05, 0) is 55.6 Å². The molecular weight excluding hydrogens is 234 g/mol. The van der Waals surface area contributed by atoms with Crippen molar-refractivity contribution in [3.05, 3.63) is 53.6 Å². The van der Waals surface area contributed by atoms with E-state index in [9.17, 15) is 0 Å². The molecule has 2 heteroatoms. The summed E-state index contributed by atoms with van der Waals surface area (Å²) in [6.45, 7) is 5.59. The molecule has 19 heavy (non-hydrogen) atoms. The number of aryl methyl sites for hydroxylation is 2. The molecule has 2 rings (SSSR count). The van der Waals surface area contributed by atoms with Crippen molar-refractivity contribution in [3.8, 4) is 16.9 Å². The SMILES string of the molecule is Cc1ccc(C)c(-c2cccc(OCCCN)c2)c1. The van der Waals surface area contributed by atoms with Crippen molar-refractivity contribution in [3.63, 3.8) is 0 Å². The molecule has 0 radical (unpaired) electrons. The average molecular weight is 255 g/mol. The Morgan fingerprint density at radius 2 is 1.89 bits per heavy atom. The second kappa shape index (κ2) is 6.39. The number of rotatable bonds is 5. The van der Waals surface area contributed by atoms with E-state index in [1.165, 1.54) is 22.3 Å². The zero-order valence-corrected chi connectivity index (χ0v) is 11.6. The minimum atomic E-state index is 0.663. The van der Waals surface area contributed by atoms with Crippen LogP contribution in [0.25, 0.3) is 11.1 Å². The van der Waals surface area contributed by atoms with Crippen LogP contribution in [0.15, 0.2) is 42.5 Å². The molecule has 2 nitrogen and oxygen atoms in total. The maximum Gasteiger partial charge on any atom is 0.119 e. The number of nitrogens with two attached hydrogens (primary N) is 1. The van der Waals surface area contributed by atoms with E-state index in [1.54, 1.807) is 0 Å². The molecule has 0 aliphatic carbocycles. The molecule has 0 fully saturated rings. The van der Waals surface area contributed by atoms with Gasteiger partial charge >= 0.3 is 0 Å². The summed E-state index contributed by atoms with van der Waals surface area (Å²) in [6.07, 6.45) is 0.883. The Morgan fingerprint density at radius 1 is 1.05 bits per heavy atom. The van der Waals surface area contributed by atoms with Crippen LogP contribution in [-0.2, 0) is 0 Å². The van der Waals surface area contributed by atoms with Crippen molar-refractivity contribution in [2.75, 3.05) is 13.2 Å². The van der Waals surface area contributed by atoms with E-state index in [2.05, 4.69) is 44.2 Å². The van der Waals surface area contributed by atoms with Crippen LogP contribution in [0, 0.1) is 13.8 Å². The molecule has 0 heterocycles. The van der Waals surface area contributed by atoms with Crippen molar-refractivity contribution >= 4 is 0 Å². The van der Waals surface area contributed by atoms with Crippen LogP contribution in [0.4, 0.5) is 0 Å². The lowest BCUT2D eigenvalue weighted by Crippen LogP contribution is -2.06. The molecule has 2 N–H and O–H groups in total. The van der Waals surface area contributed by atoms with E-state index in [-0.39, 0.29) is 0 Å². The van der Waals surface area contributed by atoms with Gasteiger partial charge in [0.1, 0.15) is 5.75 Å². The predicted octanol–water partition coefficient (Wildman–Crippen LogP) is 3.70. The van der Waals surface area contributed by atoms with Crippen LogP contribution in [0.1, 0.15) is 17.5 Å². The number of benzene rings is 2. The fourth-order valence-electron chi connectivity index (χ4n) is 2.07. The smallest absolute Gasteiger partial charge is 0.119 e. The minimum Gasteiger partial charge on any atom is -0.494 e. The van der Waals surface area contributed by atoms with Crippen molar-refractivity contribution in [1.29, 1.82) is 0 Å². The van der Waals surface area contributed by atoms with Gasteiger partial charge in [0.25, 0.3) is 0 Å². The molecule has 0 spiro atoms. The third kappa shape index (κ3) is 3.58. The standard InChI is InChI=1S/C17H21NO/c1-13-7-8-14(2)17(11-13)15-5-3-6-16(12-15)19-10-4-9-18/h3,5-8,11-12H,4,9-10,18H2,1-2H3. The van der Waals surface area contributed by atoms with Crippen molar-refractivity contribution in [1.82, 2.24) is 0 Å². The number of ether oxygens (including phenoxy) is 1. The first-order valence-corrected chi connectivity index (χ1v) is 6.71. The average Bonchev–Trinajstić information content (AvgIpc) is 2.42. The quantitative estimate of drug-likeness (QED) is 0.827. The first kappa shape index (κ1) is 13.6. The monoisotopic (exact) mass is 255 g/mol. The van der Waals surface area contributed by atoms with E-state index in [1.807, 2.05) is 12.1 Å². The molecule has 0 aromatic heterocycles. The Morgan fingerprint density at radius 3 is 2.68 bits per heavy atom. The summed E-state index contributed by atoms with van der Waals surface area (Å²) in [5, 5.41) is 0. The first-order chi connectivity index (χ1) is 9.20. The highest BCUT2D eigenvalue weighted by molar-refractivity contribution is 5.69. The van der Waals surface area contributed by atoms with E-state index in [0.29, 0.717) is 13.2 Å².